The Morgan fingerprint density at radius 1 is 1.48 bits per heavy atom. The smallest absolute Gasteiger partial charge is 0.353 e. The van der Waals surface area contributed by atoms with Gasteiger partial charge >= 0.3 is 6.18 Å². The molecule has 1 heterocycles. The van der Waals surface area contributed by atoms with E-state index in [1.165, 1.54) is 24.0 Å². The van der Waals surface area contributed by atoms with Crippen molar-refractivity contribution in [3.8, 4) is 6.07 Å². The van der Waals surface area contributed by atoms with Crippen molar-refractivity contribution >= 4 is 34.9 Å². The molecule has 0 aliphatic rings. The summed E-state index contributed by atoms with van der Waals surface area (Å²) in [5.74, 6) is 2.02. The lowest BCUT2D eigenvalue weighted by Gasteiger charge is -2.12. The van der Waals surface area contributed by atoms with Gasteiger partial charge in [-0.1, -0.05) is 0 Å². The van der Waals surface area contributed by atoms with Gasteiger partial charge in [-0.15, -0.1) is 0 Å². The predicted molar refractivity (Wildman–Crippen MR) is 78.7 cm³/mol. The van der Waals surface area contributed by atoms with Crippen molar-refractivity contribution < 1.29 is 13.2 Å². The van der Waals surface area contributed by atoms with Crippen LogP contribution in [0.4, 0.5) is 19.0 Å². The van der Waals surface area contributed by atoms with Crippen LogP contribution in [0.3, 0.4) is 0 Å². The fourth-order valence-corrected chi connectivity index (χ4v) is 2.04. The Kier molecular flexibility index (Phi) is 7.18. The van der Waals surface area contributed by atoms with Gasteiger partial charge in [0.05, 0.1) is 11.8 Å². The van der Waals surface area contributed by atoms with Gasteiger partial charge in [-0.25, -0.2) is 9.97 Å². The van der Waals surface area contributed by atoms with Gasteiger partial charge < -0.3 is 10.6 Å². The summed E-state index contributed by atoms with van der Waals surface area (Å²) in [6, 6.07) is 3.53. The van der Waals surface area contributed by atoms with Gasteiger partial charge in [0, 0.05) is 18.4 Å². The summed E-state index contributed by atoms with van der Waals surface area (Å²) in [4.78, 5) is 8.15. The first-order valence-corrected chi connectivity index (χ1v) is 7.35. The maximum atomic E-state index is 12.0. The second-order valence-corrected chi connectivity index (χ2v) is 5.26. The molecule has 10 heteroatoms. The van der Waals surface area contributed by atoms with Crippen molar-refractivity contribution in [3.05, 3.63) is 18.1 Å². The highest BCUT2D eigenvalue weighted by Gasteiger charge is 2.27. The highest BCUT2D eigenvalue weighted by molar-refractivity contribution is 7.98. The minimum absolute atomic E-state index is 0.158. The second-order valence-electron chi connectivity index (χ2n) is 3.74. The summed E-state index contributed by atoms with van der Waals surface area (Å²) in [6.45, 7) is -1.21. The average Bonchev–Trinajstić information content (AvgIpc) is 2.41. The fraction of sp³-hybridized carbons (Fsp3) is 0.455. The molecule has 0 bridgehead atoms. The van der Waals surface area contributed by atoms with Gasteiger partial charge in [-0.2, -0.15) is 30.2 Å². The Bertz CT molecular complexity index is 515. The van der Waals surface area contributed by atoms with Gasteiger partial charge in [-0.05, 0) is 18.3 Å². The van der Waals surface area contributed by atoms with Crippen LogP contribution in [-0.4, -0.2) is 33.6 Å². The molecule has 114 valence electrons. The number of thioether (sulfide) groups is 1. The largest absolute Gasteiger partial charge is 0.405 e. The summed E-state index contributed by atoms with van der Waals surface area (Å²) < 4.78 is 36.1. The molecule has 0 saturated heterocycles. The molecule has 0 aliphatic carbocycles. The third kappa shape index (κ3) is 8.31. The molecule has 21 heavy (non-hydrogen) atoms. The van der Waals surface area contributed by atoms with Crippen LogP contribution in [-0.2, 0) is 5.75 Å². The SMILES string of the molecule is N#CCCSCc1nccc(NC(=S)NCC(F)(F)F)n1. The van der Waals surface area contributed by atoms with Crippen LogP contribution in [0.2, 0.25) is 0 Å². The molecule has 0 saturated carbocycles. The van der Waals surface area contributed by atoms with Crippen LogP contribution in [0, 0.1) is 11.3 Å². The van der Waals surface area contributed by atoms with E-state index in [-0.39, 0.29) is 5.11 Å². The zero-order valence-electron chi connectivity index (χ0n) is 10.8. The van der Waals surface area contributed by atoms with Gasteiger partial charge in [0.1, 0.15) is 18.2 Å². The van der Waals surface area contributed by atoms with E-state index < -0.39 is 12.7 Å². The average molecular weight is 335 g/mol. The third-order valence-corrected chi connectivity index (χ3v) is 3.19. The van der Waals surface area contributed by atoms with Crippen LogP contribution in [0.15, 0.2) is 12.3 Å². The number of anilines is 1. The predicted octanol–water partition coefficient (Wildman–Crippen LogP) is 2.47. The zero-order valence-corrected chi connectivity index (χ0v) is 12.4. The lowest BCUT2D eigenvalue weighted by atomic mass is 10.5. The molecule has 0 atom stereocenters. The van der Waals surface area contributed by atoms with Crippen LogP contribution < -0.4 is 10.6 Å². The van der Waals surface area contributed by atoms with Crippen molar-refractivity contribution in [2.45, 2.75) is 18.3 Å². The molecule has 5 nitrogen and oxygen atoms in total. The number of aromatic nitrogens is 2. The first-order valence-electron chi connectivity index (χ1n) is 5.79. The van der Waals surface area contributed by atoms with Crippen molar-refractivity contribution in [3.63, 3.8) is 0 Å². The highest BCUT2D eigenvalue weighted by Crippen LogP contribution is 2.13. The fourth-order valence-electron chi connectivity index (χ4n) is 1.16. The zero-order chi connectivity index (χ0) is 15.7. The summed E-state index contributed by atoms with van der Waals surface area (Å²) >= 11 is 6.25. The maximum absolute atomic E-state index is 12.0. The van der Waals surface area contributed by atoms with Crippen LogP contribution in [0.25, 0.3) is 0 Å². The number of nitrogens with zero attached hydrogens (tertiary/aromatic N) is 3. The Labute approximate surface area is 129 Å². The molecule has 1 aromatic heterocycles. The van der Waals surface area contributed by atoms with Gasteiger partial charge in [0.15, 0.2) is 5.11 Å². The van der Waals surface area contributed by atoms with E-state index in [0.29, 0.717) is 29.6 Å². The number of hydrogen-bond donors (Lipinski definition) is 2. The molecule has 1 rings (SSSR count). The van der Waals surface area contributed by atoms with E-state index in [1.54, 1.807) is 0 Å². The molecular weight excluding hydrogens is 323 g/mol. The lowest BCUT2D eigenvalue weighted by Crippen LogP contribution is -2.36. The Morgan fingerprint density at radius 3 is 2.90 bits per heavy atom. The van der Waals surface area contributed by atoms with Crippen molar-refractivity contribution in [2.24, 2.45) is 0 Å². The third-order valence-electron chi connectivity index (χ3n) is 1.99. The summed E-state index contributed by atoms with van der Waals surface area (Å²) in [5, 5.41) is 12.9. The maximum Gasteiger partial charge on any atom is 0.405 e. The van der Waals surface area contributed by atoms with Crippen LogP contribution >= 0.6 is 24.0 Å². The molecular formula is C11H12F3N5S2. The van der Waals surface area contributed by atoms with Crippen molar-refractivity contribution in [2.75, 3.05) is 17.6 Å². The second kappa shape index (κ2) is 8.63. The van der Waals surface area contributed by atoms with E-state index >= 15 is 0 Å². The van der Waals surface area contributed by atoms with Gasteiger partial charge in [0.2, 0.25) is 0 Å². The molecule has 0 fully saturated rings. The molecule has 2 N–H and O–H groups in total. The molecule has 0 spiro atoms. The lowest BCUT2D eigenvalue weighted by molar-refractivity contribution is -0.121. The van der Waals surface area contributed by atoms with Crippen molar-refractivity contribution in [1.29, 1.82) is 5.26 Å². The molecule has 0 unspecified atom stereocenters. The minimum Gasteiger partial charge on any atom is -0.353 e. The van der Waals surface area contributed by atoms with Gasteiger partial charge in [0.25, 0.3) is 0 Å². The Morgan fingerprint density at radius 2 is 2.24 bits per heavy atom. The number of rotatable bonds is 6. The minimum atomic E-state index is -4.33. The van der Waals surface area contributed by atoms with E-state index in [1.807, 2.05) is 11.4 Å². The van der Waals surface area contributed by atoms with E-state index in [2.05, 4.69) is 15.3 Å². The standard InChI is InChI=1S/C11H12F3N5S2/c12-11(13,14)7-17-10(20)19-8-2-4-16-9(18-8)6-21-5-1-3-15/h2,4H,1,5-7H2,(H2,16,17,18,19,20). The topological polar surface area (TPSA) is 73.6 Å². The van der Waals surface area contributed by atoms with E-state index in [9.17, 15) is 13.2 Å². The number of nitriles is 1. The van der Waals surface area contributed by atoms with Gasteiger partial charge in [-0.3, -0.25) is 0 Å². The summed E-state index contributed by atoms with van der Waals surface area (Å²) in [6.07, 6.45) is -2.41. The van der Waals surface area contributed by atoms with E-state index in [4.69, 9.17) is 17.5 Å². The summed E-state index contributed by atoms with van der Waals surface area (Å²) in [5.41, 5.74) is 0. The first kappa shape index (κ1) is 17.5. The van der Waals surface area contributed by atoms with Crippen LogP contribution in [0.1, 0.15) is 12.2 Å². The Balaban J connectivity index is 2.45. The Hall–Kier alpha value is -1.60. The molecule has 1 aromatic rings. The van der Waals surface area contributed by atoms with Crippen LogP contribution in [0.5, 0.6) is 0 Å². The molecule has 0 aliphatic heterocycles. The normalized spacial score (nSPS) is 10.8. The number of halogens is 3. The monoisotopic (exact) mass is 335 g/mol. The quantitative estimate of drug-likeness (QED) is 0.611. The van der Waals surface area contributed by atoms with Crippen molar-refractivity contribution in [1.82, 2.24) is 15.3 Å². The number of alkyl halides is 3. The summed E-state index contributed by atoms with van der Waals surface area (Å²) in [7, 11) is 0. The molecule has 0 radical (unpaired) electrons. The molecule has 0 amide bonds. The number of thiocarbonyl (C=S) groups is 1. The number of hydrogen-bond acceptors (Lipinski definition) is 5. The highest BCUT2D eigenvalue weighted by atomic mass is 32.2. The van der Waals surface area contributed by atoms with E-state index in [0.717, 1.165) is 0 Å². The molecule has 0 aromatic carbocycles. The first-order chi connectivity index (χ1) is 9.90. The number of nitrogens with one attached hydrogen (secondary N) is 2.